The van der Waals surface area contributed by atoms with Gasteiger partial charge < -0.3 is 5.11 Å². The molecule has 0 radical (unpaired) electrons. The third-order valence-electron chi connectivity index (χ3n) is 3.35. The Morgan fingerprint density at radius 3 is 2.65 bits per heavy atom. The first-order chi connectivity index (χ1) is 9.72. The van der Waals surface area contributed by atoms with E-state index < -0.39 is 6.10 Å². The first kappa shape index (κ1) is 12.8. The van der Waals surface area contributed by atoms with E-state index in [0.717, 1.165) is 22.0 Å². The van der Waals surface area contributed by atoms with Crippen LogP contribution >= 0.6 is 0 Å². The fourth-order valence-corrected chi connectivity index (χ4v) is 2.26. The lowest BCUT2D eigenvalue weighted by Gasteiger charge is -2.12. The molecule has 0 aliphatic heterocycles. The summed E-state index contributed by atoms with van der Waals surface area (Å²) in [6, 6.07) is 15.8. The summed E-state index contributed by atoms with van der Waals surface area (Å²) in [5.41, 5.74) is 2.66. The lowest BCUT2D eigenvalue weighted by atomic mass is 10.00. The van der Waals surface area contributed by atoms with E-state index in [0.29, 0.717) is 6.42 Å². The zero-order chi connectivity index (χ0) is 13.9. The first-order valence-electron chi connectivity index (χ1n) is 6.49. The van der Waals surface area contributed by atoms with Gasteiger partial charge in [-0.25, -0.2) is 4.39 Å². The highest BCUT2D eigenvalue weighted by Crippen LogP contribution is 2.22. The molecule has 2 aromatic carbocycles. The molecule has 1 aromatic heterocycles. The van der Waals surface area contributed by atoms with Crippen LogP contribution in [0, 0.1) is 5.82 Å². The van der Waals surface area contributed by atoms with Crippen molar-refractivity contribution in [3.05, 3.63) is 77.7 Å². The van der Waals surface area contributed by atoms with Gasteiger partial charge in [0.15, 0.2) is 0 Å². The third-order valence-corrected chi connectivity index (χ3v) is 3.35. The van der Waals surface area contributed by atoms with Crippen LogP contribution in [-0.4, -0.2) is 10.1 Å². The third kappa shape index (κ3) is 2.68. The Bertz CT molecular complexity index is 724. The van der Waals surface area contributed by atoms with Crippen LogP contribution in [0.15, 0.2) is 60.8 Å². The maximum atomic E-state index is 12.9. The van der Waals surface area contributed by atoms with Gasteiger partial charge in [0, 0.05) is 18.0 Å². The summed E-state index contributed by atoms with van der Waals surface area (Å²) in [7, 11) is 0. The summed E-state index contributed by atoms with van der Waals surface area (Å²) in [4.78, 5) is 4.25. The fraction of sp³-hybridized carbons (Fsp3) is 0.118. The van der Waals surface area contributed by atoms with Crippen molar-refractivity contribution in [2.75, 3.05) is 0 Å². The fourth-order valence-electron chi connectivity index (χ4n) is 2.26. The standard InChI is InChI=1S/C17H14FNO/c18-15-6-3-12(4-7-15)10-17(20)14-5-8-16-13(11-14)2-1-9-19-16/h1-9,11,17,20H,10H2. The molecule has 1 heterocycles. The van der Waals surface area contributed by atoms with Gasteiger partial charge in [-0.3, -0.25) is 4.98 Å². The maximum Gasteiger partial charge on any atom is 0.123 e. The van der Waals surface area contributed by atoms with E-state index in [1.807, 2.05) is 30.3 Å². The van der Waals surface area contributed by atoms with Crippen molar-refractivity contribution in [3.8, 4) is 0 Å². The Morgan fingerprint density at radius 2 is 1.85 bits per heavy atom. The van der Waals surface area contributed by atoms with E-state index in [1.54, 1.807) is 18.3 Å². The average molecular weight is 267 g/mol. The van der Waals surface area contributed by atoms with E-state index in [2.05, 4.69) is 4.98 Å². The number of fused-ring (bicyclic) bond motifs is 1. The van der Waals surface area contributed by atoms with Gasteiger partial charge in [-0.2, -0.15) is 0 Å². The number of halogens is 1. The zero-order valence-corrected chi connectivity index (χ0v) is 10.8. The number of nitrogens with zero attached hydrogens (tertiary/aromatic N) is 1. The molecular formula is C17H14FNO. The largest absolute Gasteiger partial charge is 0.388 e. The van der Waals surface area contributed by atoms with Crippen molar-refractivity contribution in [1.82, 2.24) is 4.98 Å². The Morgan fingerprint density at radius 1 is 1.05 bits per heavy atom. The van der Waals surface area contributed by atoms with Crippen molar-refractivity contribution in [3.63, 3.8) is 0 Å². The van der Waals surface area contributed by atoms with Gasteiger partial charge >= 0.3 is 0 Å². The molecule has 0 bridgehead atoms. The molecular weight excluding hydrogens is 253 g/mol. The van der Waals surface area contributed by atoms with Crippen LogP contribution < -0.4 is 0 Å². The first-order valence-corrected chi connectivity index (χ1v) is 6.49. The molecule has 1 atom stereocenters. The van der Waals surface area contributed by atoms with Gasteiger partial charge in [0.25, 0.3) is 0 Å². The van der Waals surface area contributed by atoms with Crippen LogP contribution in [0.25, 0.3) is 10.9 Å². The summed E-state index contributed by atoms with van der Waals surface area (Å²) >= 11 is 0. The molecule has 3 rings (SSSR count). The number of aromatic nitrogens is 1. The molecule has 1 unspecified atom stereocenters. The minimum Gasteiger partial charge on any atom is -0.388 e. The van der Waals surface area contributed by atoms with Crippen molar-refractivity contribution < 1.29 is 9.50 Å². The smallest absolute Gasteiger partial charge is 0.123 e. The lowest BCUT2D eigenvalue weighted by molar-refractivity contribution is 0.178. The number of pyridine rings is 1. The summed E-state index contributed by atoms with van der Waals surface area (Å²) in [5, 5.41) is 11.3. The van der Waals surface area contributed by atoms with E-state index in [-0.39, 0.29) is 5.82 Å². The second-order valence-electron chi connectivity index (χ2n) is 4.80. The van der Waals surface area contributed by atoms with Crippen LogP contribution in [0.3, 0.4) is 0 Å². The van der Waals surface area contributed by atoms with Crippen LogP contribution in [-0.2, 0) is 6.42 Å². The van der Waals surface area contributed by atoms with Gasteiger partial charge in [0.05, 0.1) is 11.6 Å². The lowest BCUT2D eigenvalue weighted by Crippen LogP contribution is -2.02. The van der Waals surface area contributed by atoms with Crippen LogP contribution in [0.1, 0.15) is 17.2 Å². The van der Waals surface area contributed by atoms with E-state index in [4.69, 9.17) is 0 Å². The highest BCUT2D eigenvalue weighted by atomic mass is 19.1. The highest BCUT2D eigenvalue weighted by Gasteiger charge is 2.09. The second kappa shape index (κ2) is 5.39. The summed E-state index contributed by atoms with van der Waals surface area (Å²) in [6.45, 7) is 0. The van der Waals surface area contributed by atoms with Crippen molar-refractivity contribution in [2.45, 2.75) is 12.5 Å². The Kier molecular flexibility index (Phi) is 3.44. The van der Waals surface area contributed by atoms with Crippen molar-refractivity contribution >= 4 is 10.9 Å². The topological polar surface area (TPSA) is 33.1 Å². The Hall–Kier alpha value is -2.26. The summed E-state index contributed by atoms with van der Waals surface area (Å²) < 4.78 is 12.9. The van der Waals surface area contributed by atoms with E-state index >= 15 is 0 Å². The molecule has 1 N–H and O–H groups in total. The maximum absolute atomic E-state index is 12.9. The summed E-state index contributed by atoms with van der Waals surface area (Å²) in [6.07, 6.45) is 1.60. The summed E-state index contributed by atoms with van der Waals surface area (Å²) in [5.74, 6) is -0.264. The molecule has 100 valence electrons. The van der Waals surface area contributed by atoms with Gasteiger partial charge in [-0.15, -0.1) is 0 Å². The molecule has 20 heavy (non-hydrogen) atoms. The molecule has 0 saturated carbocycles. The quantitative estimate of drug-likeness (QED) is 0.785. The van der Waals surface area contributed by atoms with Crippen molar-refractivity contribution in [1.29, 1.82) is 0 Å². The SMILES string of the molecule is OC(Cc1ccc(F)cc1)c1ccc2ncccc2c1. The molecule has 0 saturated heterocycles. The van der Waals surface area contributed by atoms with Crippen LogP contribution in [0.4, 0.5) is 4.39 Å². The molecule has 0 aliphatic rings. The monoisotopic (exact) mass is 267 g/mol. The number of aliphatic hydroxyl groups is 1. The minimum atomic E-state index is -0.606. The van der Waals surface area contributed by atoms with Crippen LogP contribution in [0.2, 0.25) is 0 Å². The van der Waals surface area contributed by atoms with E-state index in [9.17, 15) is 9.50 Å². The number of aliphatic hydroxyl groups excluding tert-OH is 1. The van der Waals surface area contributed by atoms with E-state index in [1.165, 1.54) is 12.1 Å². The van der Waals surface area contributed by atoms with Gasteiger partial charge in [-0.1, -0.05) is 24.3 Å². The Labute approximate surface area is 116 Å². The Balaban J connectivity index is 1.84. The normalized spacial score (nSPS) is 12.5. The molecule has 0 amide bonds. The molecule has 2 nitrogen and oxygen atoms in total. The van der Waals surface area contributed by atoms with Gasteiger partial charge in [0.2, 0.25) is 0 Å². The molecule has 3 heteroatoms. The van der Waals surface area contributed by atoms with Crippen LogP contribution in [0.5, 0.6) is 0 Å². The number of hydrogen-bond acceptors (Lipinski definition) is 2. The molecule has 3 aromatic rings. The zero-order valence-electron chi connectivity index (χ0n) is 10.8. The number of rotatable bonds is 3. The molecule has 0 fully saturated rings. The molecule has 0 aliphatic carbocycles. The van der Waals surface area contributed by atoms with Crippen molar-refractivity contribution in [2.24, 2.45) is 0 Å². The number of hydrogen-bond donors (Lipinski definition) is 1. The minimum absolute atomic E-state index is 0.264. The number of benzene rings is 2. The second-order valence-corrected chi connectivity index (χ2v) is 4.80. The average Bonchev–Trinajstić information content (AvgIpc) is 2.49. The predicted molar refractivity (Wildman–Crippen MR) is 76.8 cm³/mol. The predicted octanol–water partition coefficient (Wildman–Crippen LogP) is 3.65. The van der Waals surface area contributed by atoms with Gasteiger partial charge in [0.1, 0.15) is 5.82 Å². The van der Waals surface area contributed by atoms with Gasteiger partial charge in [-0.05, 0) is 41.5 Å². The molecule has 0 spiro atoms. The highest BCUT2D eigenvalue weighted by molar-refractivity contribution is 5.79.